The summed E-state index contributed by atoms with van der Waals surface area (Å²) in [4.78, 5) is 17.4. The third-order valence-electron chi connectivity index (χ3n) is 5.12. The van der Waals surface area contributed by atoms with Crippen molar-refractivity contribution in [3.8, 4) is 0 Å². The molecular weight excluding hydrogens is 318 g/mol. The van der Waals surface area contributed by atoms with Gasteiger partial charge in [-0.15, -0.1) is 11.3 Å². The molecule has 24 heavy (non-hydrogen) atoms. The van der Waals surface area contributed by atoms with Crippen molar-refractivity contribution in [2.24, 2.45) is 5.73 Å². The maximum Gasteiger partial charge on any atom is 0.264 e. The highest BCUT2D eigenvalue weighted by molar-refractivity contribution is 7.14. The predicted octanol–water partition coefficient (Wildman–Crippen LogP) is 3.89. The molecule has 1 amide bonds. The van der Waals surface area contributed by atoms with Crippen LogP contribution in [0.3, 0.4) is 0 Å². The minimum absolute atomic E-state index is 0.137. The molecule has 5 heteroatoms. The van der Waals surface area contributed by atoms with Gasteiger partial charge in [-0.2, -0.15) is 0 Å². The number of fused-ring (bicyclic) bond motifs is 1. The van der Waals surface area contributed by atoms with E-state index in [0.29, 0.717) is 13.0 Å². The number of nitrogens with one attached hydrogen (secondary N) is 1. The fraction of sp³-hybridized carbons (Fsp3) is 0.474. The number of aryl methyl sites for hydroxylation is 1. The maximum absolute atomic E-state index is 13.2. The van der Waals surface area contributed by atoms with Crippen LogP contribution in [0, 0.1) is 12.3 Å². The highest BCUT2D eigenvalue weighted by Gasteiger charge is 2.30. The summed E-state index contributed by atoms with van der Waals surface area (Å²) in [6, 6.07) is 0.139. The van der Waals surface area contributed by atoms with E-state index in [-0.39, 0.29) is 11.9 Å². The molecule has 0 saturated carbocycles. The summed E-state index contributed by atoms with van der Waals surface area (Å²) >= 11 is 1.66. The van der Waals surface area contributed by atoms with Crippen LogP contribution in [-0.4, -0.2) is 29.6 Å². The molecule has 1 aromatic heterocycles. The van der Waals surface area contributed by atoms with E-state index < -0.39 is 0 Å². The van der Waals surface area contributed by atoms with Gasteiger partial charge < -0.3 is 16.0 Å². The number of rotatable bonds is 4. The second-order valence-corrected chi connectivity index (χ2v) is 7.62. The molecule has 1 unspecified atom stereocenters. The van der Waals surface area contributed by atoms with Crippen molar-refractivity contribution >= 4 is 29.5 Å². The molecule has 0 fully saturated rings. The van der Waals surface area contributed by atoms with Crippen LogP contribution >= 0.6 is 11.3 Å². The molecular formula is C19H25N3OS. The van der Waals surface area contributed by atoms with Crippen LogP contribution in [0.15, 0.2) is 17.3 Å². The smallest absolute Gasteiger partial charge is 0.264 e. The first-order valence-corrected chi connectivity index (χ1v) is 9.46. The maximum atomic E-state index is 13.2. The van der Waals surface area contributed by atoms with E-state index in [4.69, 9.17) is 11.1 Å². The second kappa shape index (κ2) is 6.93. The first-order valence-electron chi connectivity index (χ1n) is 8.64. The average molecular weight is 343 g/mol. The van der Waals surface area contributed by atoms with Gasteiger partial charge >= 0.3 is 0 Å². The monoisotopic (exact) mass is 343 g/mol. The number of allylic oxidation sites excluding steroid dienone is 2. The fourth-order valence-corrected chi connectivity index (χ4v) is 4.96. The summed E-state index contributed by atoms with van der Waals surface area (Å²) in [5, 5.41) is 7.54. The van der Waals surface area contributed by atoms with E-state index in [1.165, 1.54) is 16.7 Å². The van der Waals surface area contributed by atoms with E-state index in [0.717, 1.165) is 47.4 Å². The standard InChI is InChI=1S/C19H25N3OS/c1-3-22(14-8-9-16(21)13(10-14)11-20)19(23)18-12(2)15-6-4-5-7-17(15)24-18/h4,6,11,14,20H,3,5,7-10,21H2,1-2H3. The molecule has 128 valence electrons. The van der Waals surface area contributed by atoms with Crippen LogP contribution in [0.2, 0.25) is 0 Å². The zero-order valence-electron chi connectivity index (χ0n) is 14.4. The number of hydrogen-bond acceptors (Lipinski definition) is 4. The van der Waals surface area contributed by atoms with Gasteiger partial charge in [-0.05, 0) is 62.7 Å². The van der Waals surface area contributed by atoms with Gasteiger partial charge in [-0.3, -0.25) is 4.79 Å². The highest BCUT2D eigenvalue weighted by Crippen LogP contribution is 2.35. The lowest BCUT2D eigenvalue weighted by atomic mass is 9.91. The van der Waals surface area contributed by atoms with Gasteiger partial charge in [0.1, 0.15) is 0 Å². The molecule has 0 radical (unpaired) electrons. The van der Waals surface area contributed by atoms with E-state index >= 15 is 0 Å². The molecule has 0 saturated heterocycles. The molecule has 0 aromatic carbocycles. The third kappa shape index (κ3) is 2.93. The van der Waals surface area contributed by atoms with Crippen molar-refractivity contribution in [2.45, 2.75) is 52.0 Å². The van der Waals surface area contributed by atoms with Crippen LogP contribution in [0.5, 0.6) is 0 Å². The van der Waals surface area contributed by atoms with E-state index in [2.05, 4.69) is 19.1 Å². The van der Waals surface area contributed by atoms with E-state index in [1.807, 2.05) is 11.8 Å². The lowest BCUT2D eigenvalue weighted by Crippen LogP contribution is -2.42. The number of nitrogens with zero attached hydrogens (tertiary/aromatic N) is 1. The van der Waals surface area contributed by atoms with Crippen LogP contribution < -0.4 is 5.73 Å². The minimum Gasteiger partial charge on any atom is -0.402 e. The Hall–Kier alpha value is -1.88. The Morgan fingerprint density at radius 2 is 2.29 bits per heavy atom. The molecule has 0 bridgehead atoms. The predicted molar refractivity (Wildman–Crippen MR) is 101 cm³/mol. The Balaban J connectivity index is 1.87. The molecule has 2 aliphatic carbocycles. The summed E-state index contributed by atoms with van der Waals surface area (Å²) in [5.74, 6) is 0.137. The Morgan fingerprint density at radius 1 is 1.50 bits per heavy atom. The van der Waals surface area contributed by atoms with Crippen molar-refractivity contribution in [3.05, 3.63) is 38.2 Å². The molecule has 1 heterocycles. The first-order chi connectivity index (χ1) is 11.6. The van der Waals surface area contributed by atoms with Crippen molar-refractivity contribution < 1.29 is 4.79 Å². The summed E-state index contributed by atoms with van der Waals surface area (Å²) in [7, 11) is 0. The fourth-order valence-electron chi connectivity index (χ4n) is 3.69. The van der Waals surface area contributed by atoms with Gasteiger partial charge in [0, 0.05) is 29.4 Å². The second-order valence-electron chi connectivity index (χ2n) is 6.52. The number of hydrogen-bond donors (Lipinski definition) is 2. The largest absolute Gasteiger partial charge is 0.402 e. The van der Waals surface area contributed by atoms with Gasteiger partial charge in [0.2, 0.25) is 0 Å². The molecule has 1 atom stereocenters. The average Bonchev–Trinajstić information content (AvgIpc) is 2.94. The molecule has 0 spiro atoms. The molecule has 2 aliphatic rings. The number of carbonyl (C=O) groups excluding carboxylic acids is 1. The number of nitrogens with two attached hydrogens (primary N) is 1. The molecule has 3 rings (SSSR count). The normalized spacial score (nSPS) is 20.0. The Morgan fingerprint density at radius 3 is 2.96 bits per heavy atom. The van der Waals surface area contributed by atoms with Gasteiger partial charge in [-0.1, -0.05) is 12.2 Å². The number of thiophene rings is 1. The van der Waals surface area contributed by atoms with Gasteiger partial charge in [0.05, 0.1) is 4.88 Å². The topological polar surface area (TPSA) is 70.2 Å². The molecule has 1 aromatic rings. The van der Waals surface area contributed by atoms with Gasteiger partial charge in [0.15, 0.2) is 0 Å². The van der Waals surface area contributed by atoms with Crippen LogP contribution in [0.1, 0.15) is 58.3 Å². The SMILES string of the molecule is CCN(C(=O)c1sc2c(c1C)C=CCC2)C1CCC(N)=C(C=N)C1. The summed E-state index contributed by atoms with van der Waals surface area (Å²) in [5.41, 5.74) is 10.0. The van der Waals surface area contributed by atoms with Gasteiger partial charge in [-0.25, -0.2) is 0 Å². The van der Waals surface area contributed by atoms with E-state index in [1.54, 1.807) is 11.3 Å². The third-order valence-corrected chi connectivity index (χ3v) is 6.47. The number of amides is 1. The number of carbonyl (C=O) groups is 1. The van der Waals surface area contributed by atoms with Crippen LogP contribution in [0.25, 0.3) is 6.08 Å². The van der Waals surface area contributed by atoms with Gasteiger partial charge in [0.25, 0.3) is 5.91 Å². The molecule has 3 N–H and O–H groups in total. The zero-order chi connectivity index (χ0) is 17.3. The van der Waals surface area contributed by atoms with Crippen molar-refractivity contribution in [1.82, 2.24) is 4.90 Å². The lowest BCUT2D eigenvalue weighted by Gasteiger charge is -2.34. The van der Waals surface area contributed by atoms with Crippen LogP contribution in [0.4, 0.5) is 0 Å². The minimum atomic E-state index is 0.137. The highest BCUT2D eigenvalue weighted by atomic mass is 32.1. The first kappa shape index (κ1) is 17.0. The van der Waals surface area contributed by atoms with Crippen molar-refractivity contribution in [1.29, 1.82) is 5.41 Å². The lowest BCUT2D eigenvalue weighted by molar-refractivity contribution is 0.0680. The molecule has 0 aliphatic heterocycles. The Bertz CT molecular complexity index is 729. The molecule has 4 nitrogen and oxygen atoms in total. The quantitative estimate of drug-likeness (QED) is 0.814. The van der Waals surface area contributed by atoms with E-state index in [9.17, 15) is 4.79 Å². The summed E-state index contributed by atoms with van der Waals surface area (Å²) in [6.07, 6.45) is 10.1. The Kier molecular flexibility index (Phi) is 4.90. The van der Waals surface area contributed by atoms with Crippen molar-refractivity contribution in [2.75, 3.05) is 6.54 Å². The Labute approximate surface area is 147 Å². The summed E-state index contributed by atoms with van der Waals surface area (Å²) in [6.45, 7) is 4.78. The summed E-state index contributed by atoms with van der Waals surface area (Å²) < 4.78 is 0. The zero-order valence-corrected chi connectivity index (χ0v) is 15.2. The van der Waals surface area contributed by atoms with Crippen LogP contribution in [-0.2, 0) is 6.42 Å². The van der Waals surface area contributed by atoms with Crippen molar-refractivity contribution in [3.63, 3.8) is 0 Å².